The third-order valence-corrected chi connectivity index (χ3v) is 20.4. The zero-order chi connectivity index (χ0) is 58.9. The Morgan fingerprint density at radius 2 is 1.01 bits per heavy atom. The van der Waals surface area contributed by atoms with Gasteiger partial charge < -0.3 is 96.6 Å². The number of carbonyl (C=O) groups is 3. The number of fused-ring (bicyclic) bond motifs is 5. The topological polar surface area (TPSA) is 291 Å². The minimum atomic E-state index is -2.01. The Hall–Kier alpha value is -2.37. The van der Waals surface area contributed by atoms with Crippen LogP contribution in [0.25, 0.3) is 0 Å². The minimum Gasteiger partial charge on any atom is -0.462 e. The molecule has 28 atom stereocenters. The van der Waals surface area contributed by atoms with Gasteiger partial charge in [0, 0.05) is 73.2 Å². The van der Waals surface area contributed by atoms with Crippen molar-refractivity contribution in [3.63, 3.8) is 0 Å². The highest BCUT2D eigenvalue weighted by Gasteiger charge is 2.81. The van der Waals surface area contributed by atoms with Crippen LogP contribution in [0.3, 0.4) is 0 Å². The molecule has 4 aliphatic carbocycles. The maximum absolute atomic E-state index is 13.1. The summed E-state index contributed by atoms with van der Waals surface area (Å²) < 4.78 is 93.2. The molecule has 0 radical (unpaired) electrons. The summed E-state index contributed by atoms with van der Waals surface area (Å²) in [4.78, 5) is 38.2. The molecule has 8 fully saturated rings. The molecular formula is C58H92O23. The van der Waals surface area contributed by atoms with Crippen LogP contribution in [-0.4, -0.2) is 217 Å². The summed E-state index contributed by atoms with van der Waals surface area (Å²) in [6.07, 6.45) is -9.89. The zero-order valence-corrected chi connectivity index (χ0v) is 49.4. The van der Waals surface area contributed by atoms with Crippen LogP contribution in [0, 0.1) is 16.7 Å². The van der Waals surface area contributed by atoms with Gasteiger partial charge in [-0.1, -0.05) is 18.6 Å². The van der Waals surface area contributed by atoms with Crippen molar-refractivity contribution in [3.05, 3.63) is 11.6 Å². The van der Waals surface area contributed by atoms with E-state index in [0.717, 1.165) is 5.57 Å². The van der Waals surface area contributed by atoms with Gasteiger partial charge in [-0.25, -0.2) is 0 Å². The number of aliphatic hydroxyl groups is 5. The van der Waals surface area contributed by atoms with E-state index in [4.69, 9.17) is 71.1 Å². The monoisotopic (exact) mass is 1160 g/mol. The van der Waals surface area contributed by atoms with Gasteiger partial charge in [0.05, 0.1) is 66.5 Å². The van der Waals surface area contributed by atoms with Crippen LogP contribution in [0.5, 0.6) is 0 Å². The van der Waals surface area contributed by atoms with E-state index in [-0.39, 0.29) is 51.0 Å². The number of methoxy groups -OCH3 is 3. The Balaban J connectivity index is 0.775. The summed E-state index contributed by atoms with van der Waals surface area (Å²) >= 11 is 0. The van der Waals surface area contributed by atoms with Crippen molar-refractivity contribution in [2.24, 2.45) is 16.7 Å². The lowest BCUT2D eigenvalue weighted by molar-refractivity contribution is -0.351. The van der Waals surface area contributed by atoms with E-state index in [9.17, 15) is 39.9 Å². The van der Waals surface area contributed by atoms with Crippen LogP contribution in [-0.2, 0) is 85.4 Å². The smallest absolute Gasteiger partial charge is 0.302 e. The largest absolute Gasteiger partial charge is 0.462 e. The molecule has 28 unspecified atom stereocenters. The average molecular weight is 1160 g/mol. The van der Waals surface area contributed by atoms with Crippen molar-refractivity contribution in [2.45, 2.75) is 298 Å². The molecule has 0 spiro atoms. The van der Waals surface area contributed by atoms with Crippen molar-refractivity contribution in [1.82, 2.24) is 0 Å². The van der Waals surface area contributed by atoms with Gasteiger partial charge in [-0.15, -0.1) is 0 Å². The summed E-state index contributed by atoms with van der Waals surface area (Å²) in [5.41, 5.74) is -6.98. The number of hydrogen-bond acceptors (Lipinski definition) is 23. The summed E-state index contributed by atoms with van der Waals surface area (Å²) in [6.45, 7) is 16.6. The molecule has 5 saturated heterocycles. The molecule has 3 saturated carbocycles. The summed E-state index contributed by atoms with van der Waals surface area (Å²) in [7, 11) is 4.75. The molecule has 23 heteroatoms. The standard InChI is InChI=1S/C58H92O23/c1-27-49(63)38(67-11)22-45(70-27)79-51-29(3)72-46(23-39(51)68-12)80-52-30(4)73-47(24-40(52)69-13)81-53-31(5)74-48(25-41(53)75-33(7)60)78-50-28(2)71-44(21-37(50)62)77-36-15-16-54(9)35(20-36)14-17-57(65)42(54)26-43(76-34(8)61)55(10)56(64,32(6)59)18-19-58(55,57)66/h14,27-31,36-53,62-66H,15-26H2,1-13H3. The van der Waals surface area contributed by atoms with Gasteiger partial charge in [0.15, 0.2) is 37.2 Å². The highest BCUT2D eigenvalue weighted by atomic mass is 16.8. The molecule has 81 heavy (non-hydrogen) atoms. The van der Waals surface area contributed by atoms with Crippen molar-refractivity contribution in [1.29, 1.82) is 0 Å². The van der Waals surface area contributed by atoms with E-state index < -0.39 is 180 Å². The molecule has 0 aromatic carbocycles. The van der Waals surface area contributed by atoms with Gasteiger partial charge in [0.2, 0.25) is 0 Å². The molecule has 23 nitrogen and oxygen atoms in total. The third-order valence-electron chi connectivity index (χ3n) is 20.4. The quantitative estimate of drug-likeness (QED) is 0.109. The van der Waals surface area contributed by atoms with Crippen LogP contribution in [0.15, 0.2) is 11.6 Å². The first-order valence-electron chi connectivity index (χ1n) is 29.3. The number of hydrogen-bond donors (Lipinski definition) is 5. The lowest BCUT2D eigenvalue weighted by Crippen LogP contribution is -2.78. The van der Waals surface area contributed by atoms with E-state index in [0.29, 0.717) is 32.1 Å². The molecular weight excluding hydrogens is 1060 g/mol. The van der Waals surface area contributed by atoms with E-state index >= 15 is 0 Å². The number of rotatable bonds is 16. The number of aliphatic hydroxyl groups excluding tert-OH is 2. The fraction of sp³-hybridized carbons (Fsp3) is 0.914. The molecule has 5 heterocycles. The zero-order valence-electron chi connectivity index (χ0n) is 49.4. The molecule has 9 aliphatic rings. The second-order valence-corrected chi connectivity index (χ2v) is 25.1. The fourth-order valence-electron chi connectivity index (χ4n) is 15.9. The maximum atomic E-state index is 13.1. The molecule has 0 amide bonds. The minimum absolute atomic E-state index is 0.0491. The van der Waals surface area contributed by atoms with Crippen LogP contribution in [0.2, 0.25) is 0 Å². The van der Waals surface area contributed by atoms with Gasteiger partial charge in [-0.05, 0) is 98.8 Å². The Kier molecular flexibility index (Phi) is 19.0. The summed E-state index contributed by atoms with van der Waals surface area (Å²) in [6, 6.07) is 0. The van der Waals surface area contributed by atoms with Crippen molar-refractivity contribution in [3.8, 4) is 0 Å². The Morgan fingerprint density at radius 3 is 1.51 bits per heavy atom. The summed E-state index contributed by atoms with van der Waals surface area (Å²) in [5.74, 6) is -2.26. The van der Waals surface area contributed by atoms with E-state index in [1.807, 2.05) is 19.9 Å². The first-order chi connectivity index (χ1) is 38.1. The predicted molar refractivity (Wildman–Crippen MR) is 280 cm³/mol. The number of esters is 2. The van der Waals surface area contributed by atoms with Crippen molar-refractivity contribution >= 4 is 17.7 Å². The number of ether oxygens (including phenoxy) is 15. The van der Waals surface area contributed by atoms with Crippen molar-refractivity contribution in [2.75, 3.05) is 21.3 Å². The second kappa shape index (κ2) is 24.4. The molecule has 462 valence electrons. The molecule has 9 rings (SSSR count). The molecule has 0 aromatic heterocycles. The first kappa shape index (κ1) is 63.1. The Bertz CT molecular complexity index is 2240. The van der Waals surface area contributed by atoms with E-state index in [1.165, 1.54) is 20.8 Å². The predicted octanol–water partition coefficient (Wildman–Crippen LogP) is 3.34. The van der Waals surface area contributed by atoms with Gasteiger partial charge in [0.1, 0.15) is 59.5 Å². The molecule has 0 bridgehead atoms. The average Bonchev–Trinajstić information content (AvgIpc) is 3.39. The SMILES string of the molecule is COC1CC(OC2C(C)OC(OC3C(C)OC(OC4C(C)OC(OC5C(O)CC(OC6CCC7(C)C(=CCC8(O)C7CC(OC(C)=O)C7(C)C(O)(C(C)=O)CCC87O)C6)OC5C)CC4OC(C)=O)CC3OC)CC2OC)OC(C)C1O. The van der Waals surface area contributed by atoms with Gasteiger partial charge in [-0.3, -0.25) is 14.4 Å². The lowest BCUT2D eigenvalue weighted by atomic mass is 9.42. The lowest BCUT2D eigenvalue weighted by Gasteiger charge is -2.67. The van der Waals surface area contributed by atoms with Gasteiger partial charge >= 0.3 is 11.9 Å². The van der Waals surface area contributed by atoms with E-state index in [2.05, 4.69) is 6.92 Å². The van der Waals surface area contributed by atoms with Gasteiger partial charge in [-0.2, -0.15) is 0 Å². The first-order valence-corrected chi connectivity index (χ1v) is 29.3. The maximum Gasteiger partial charge on any atom is 0.302 e. The number of Topliss-reactive ketones (excluding diaryl/α,β-unsaturated/α-hetero) is 1. The highest BCUT2D eigenvalue weighted by molar-refractivity contribution is 5.87. The Labute approximate surface area is 475 Å². The second-order valence-electron chi connectivity index (χ2n) is 25.1. The highest BCUT2D eigenvalue weighted by Crippen LogP contribution is 2.71. The normalized spacial score (nSPS) is 51.0. The Morgan fingerprint density at radius 1 is 0.556 bits per heavy atom. The fourth-order valence-corrected chi connectivity index (χ4v) is 15.9. The van der Waals surface area contributed by atoms with Crippen LogP contribution < -0.4 is 0 Å². The molecule has 5 N–H and O–H groups in total. The molecule has 0 aromatic rings. The number of ketones is 1. The van der Waals surface area contributed by atoms with Crippen LogP contribution in [0.1, 0.15) is 146 Å². The molecule has 5 aliphatic heterocycles. The number of carbonyl (C=O) groups excluding carboxylic acids is 3. The van der Waals surface area contributed by atoms with Crippen LogP contribution in [0.4, 0.5) is 0 Å². The van der Waals surface area contributed by atoms with Gasteiger partial charge in [0.25, 0.3) is 0 Å². The van der Waals surface area contributed by atoms with E-state index in [1.54, 1.807) is 49.0 Å². The summed E-state index contributed by atoms with van der Waals surface area (Å²) in [5, 5.41) is 59.5. The third kappa shape index (κ3) is 11.6. The van der Waals surface area contributed by atoms with Crippen LogP contribution >= 0.6 is 0 Å². The van der Waals surface area contributed by atoms with Crippen molar-refractivity contribution < 1.29 is 111 Å².